The van der Waals surface area contributed by atoms with E-state index in [1.165, 1.54) is 12.1 Å². The number of rotatable bonds is 7. The lowest BCUT2D eigenvalue weighted by molar-refractivity contribution is -0.384. The third-order valence-electron chi connectivity index (χ3n) is 3.55. The van der Waals surface area contributed by atoms with Crippen molar-refractivity contribution in [3.63, 3.8) is 0 Å². The largest absolute Gasteiger partial charge is 0.483 e. The molecule has 0 aliphatic carbocycles. The van der Waals surface area contributed by atoms with Gasteiger partial charge in [0, 0.05) is 17.8 Å². The second kappa shape index (κ2) is 8.05. The zero-order valence-corrected chi connectivity index (χ0v) is 13.9. The number of nitrogens with one attached hydrogen (secondary N) is 1. The second-order valence-electron chi connectivity index (χ2n) is 5.68. The Bertz CT molecular complexity index is 802. The Kier molecular flexibility index (Phi) is 5.84. The minimum Gasteiger partial charge on any atom is -0.483 e. The van der Waals surface area contributed by atoms with Crippen molar-refractivity contribution in [1.29, 1.82) is 0 Å². The molecule has 0 spiro atoms. The smallest absolute Gasteiger partial charge is 0.270 e. The molecule has 7 nitrogen and oxygen atoms in total. The molecule has 0 bridgehead atoms. The molecule has 0 aliphatic heterocycles. The number of carbonyl (C=O) groups is 2. The summed E-state index contributed by atoms with van der Waals surface area (Å²) in [7, 11) is 0. The van der Waals surface area contributed by atoms with Crippen molar-refractivity contribution in [1.82, 2.24) is 0 Å². The Hall–Kier alpha value is -3.22. The van der Waals surface area contributed by atoms with Crippen LogP contribution in [0.1, 0.15) is 35.7 Å². The SMILES string of the molecule is CC(C)c1ccccc1NC(=O)COc1ccc([N+](=O)[O-])cc1C=O. The topological polar surface area (TPSA) is 98.5 Å². The molecular formula is C18H18N2O5. The van der Waals surface area contributed by atoms with E-state index in [1.54, 1.807) is 6.07 Å². The van der Waals surface area contributed by atoms with Crippen LogP contribution in [0, 0.1) is 10.1 Å². The summed E-state index contributed by atoms with van der Waals surface area (Å²) in [6, 6.07) is 11.1. The summed E-state index contributed by atoms with van der Waals surface area (Å²) in [5, 5.41) is 13.5. The number of nitrogens with zero attached hydrogens (tertiary/aromatic N) is 1. The molecule has 0 aromatic heterocycles. The fraction of sp³-hybridized carbons (Fsp3) is 0.222. The number of carbonyl (C=O) groups excluding carboxylic acids is 2. The molecule has 0 saturated heterocycles. The van der Waals surface area contributed by atoms with E-state index < -0.39 is 4.92 Å². The number of benzene rings is 2. The van der Waals surface area contributed by atoms with Gasteiger partial charge in [-0.05, 0) is 23.6 Å². The molecule has 0 saturated carbocycles. The molecule has 25 heavy (non-hydrogen) atoms. The van der Waals surface area contributed by atoms with Gasteiger partial charge in [0.2, 0.25) is 0 Å². The molecule has 0 heterocycles. The first-order valence-electron chi connectivity index (χ1n) is 7.67. The van der Waals surface area contributed by atoms with Crippen LogP contribution in [0.3, 0.4) is 0 Å². The maximum absolute atomic E-state index is 12.1. The fourth-order valence-electron chi connectivity index (χ4n) is 2.32. The van der Waals surface area contributed by atoms with E-state index in [4.69, 9.17) is 4.74 Å². The van der Waals surface area contributed by atoms with Crippen LogP contribution < -0.4 is 10.1 Å². The number of hydrogen-bond acceptors (Lipinski definition) is 5. The fourth-order valence-corrected chi connectivity index (χ4v) is 2.32. The average molecular weight is 342 g/mol. The molecule has 2 aromatic rings. The Morgan fingerprint density at radius 1 is 1.28 bits per heavy atom. The van der Waals surface area contributed by atoms with Crippen LogP contribution >= 0.6 is 0 Å². The summed E-state index contributed by atoms with van der Waals surface area (Å²) in [4.78, 5) is 33.3. The van der Waals surface area contributed by atoms with Crippen LogP contribution in [-0.4, -0.2) is 23.7 Å². The summed E-state index contributed by atoms with van der Waals surface area (Å²) >= 11 is 0. The van der Waals surface area contributed by atoms with Crippen LogP contribution in [0.25, 0.3) is 0 Å². The van der Waals surface area contributed by atoms with E-state index in [1.807, 2.05) is 32.0 Å². The van der Waals surface area contributed by atoms with Gasteiger partial charge in [-0.1, -0.05) is 32.0 Å². The predicted octanol–water partition coefficient (Wildman–Crippen LogP) is 3.55. The van der Waals surface area contributed by atoms with Crippen LogP contribution in [0.5, 0.6) is 5.75 Å². The van der Waals surface area contributed by atoms with E-state index in [9.17, 15) is 19.7 Å². The van der Waals surface area contributed by atoms with Crippen LogP contribution in [0.4, 0.5) is 11.4 Å². The first-order chi connectivity index (χ1) is 11.9. The maximum atomic E-state index is 12.1. The van der Waals surface area contributed by atoms with Crippen molar-refractivity contribution < 1.29 is 19.2 Å². The van der Waals surface area contributed by atoms with Crippen molar-refractivity contribution >= 4 is 23.6 Å². The number of ether oxygens (including phenoxy) is 1. The van der Waals surface area contributed by atoms with Crippen molar-refractivity contribution in [3.8, 4) is 5.75 Å². The minimum atomic E-state index is -0.605. The lowest BCUT2D eigenvalue weighted by atomic mass is 10.0. The van der Waals surface area contributed by atoms with E-state index in [0.29, 0.717) is 12.0 Å². The molecule has 0 radical (unpaired) electrons. The quantitative estimate of drug-likeness (QED) is 0.471. The van der Waals surface area contributed by atoms with Gasteiger partial charge in [-0.15, -0.1) is 0 Å². The van der Waals surface area contributed by atoms with Crippen molar-refractivity contribution in [2.75, 3.05) is 11.9 Å². The van der Waals surface area contributed by atoms with E-state index in [2.05, 4.69) is 5.32 Å². The highest BCUT2D eigenvalue weighted by Gasteiger charge is 2.14. The number of hydrogen-bond donors (Lipinski definition) is 1. The molecule has 130 valence electrons. The third kappa shape index (κ3) is 4.63. The summed E-state index contributed by atoms with van der Waals surface area (Å²) in [6.45, 7) is 3.73. The number of nitro groups is 1. The number of nitro benzene ring substituents is 1. The Balaban J connectivity index is 2.06. The average Bonchev–Trinajstić information content (AvgIpc) is 2.59. The molecule has 2 rings (SSSR count). The molecule has 0 unspecified atom stereocenters. The molecular weight excluding hydrogens is 324 g/mol. The molecule has 1 amide bonds. The lowest BCUT2D eigenvalue weighted by Crippen LogP contribution is -2.21. The van der Waals surface area contributed by atoms with Crippen molar-refractivity contribution in [3.05, 3.63) is 63.7 Å². The molecule has 0 fully saturated rings. The summed E-state index contributed by atoms with van der Waals surface area (Å²) in [5.74, 6) is -0.0232. The van der Waals surface area contributed by atoms with E-state index in [-0.39, 0.29) is 35.4 Å². The molecule has 0 aliphatic rings. The van der Waals surface area contributed by atoms with Gasteiger partial charge in [-0.3, -0.25) is 19.7 Å². The Morgan fingerprint density at radius 2 is 2.00 bits per heavy atom. The van der Waals surface area contributed by atoms with Crippen molar-refractivity contribution in [2.24, 2.45) is 0 Å². The molecule has 0 atom stereocenters. The summed E-state index contributed by atoms with van der Waals surface area (Å²) < 4.78 is 5.33. The number of para-hydroxylation sites is 1. The molecule has 1 N–H and O–H groups in total. The van der Waals surface area contributed by atoms with Gasteiger partial charge in [-0.25, -0.2) is 0 Å². The van der Waals surface area contributed by atoms with Gasteiger partial charge in [-0.2, -0.15) is 0 Å². The van der Waals surface area contributed by atoms with Crippen LogP contribution in [0.15, 0.2) is 42.5 Å². The number of non-ortho nitro benzene ring substituents is 1. The third-order valence-corrected chi connectivity index (χ3v) is 3.55. The number of amides is 1. The first kappa shape index (κ1) is 18.1. The summed E-state index contributed by atoms with van der Waals surface area (Å²) in [5.41, 5.74) is 1.50. The highest BCUT2D eigenvalue weighted by molar-refractivity contribution is 5.93. The molecule has 7 heteroatoms. The van der Waals surface area contributed by atoms with Crippen molar-refractivity contribution in [2.45, 2.75) is 19.8 Å². The van der Waals surface area contributed by atoms with Gasteiger partial charge < -0.3 is 10.1 Å². The normalized spacial score (nSPS) is 10.4. The van der Waals surface area contributed by atoms with Gasteiger partial charge in [0.25, 0.3) is 11.6 Å². The van der Waals surface area contributed by atoms with E-state index in [0.717, 1.165) is 11.6 Å². The Morgan fingerprint density at radius 3 is 2.64 bits per heavy atom. The van der Waals surface area contributed by atoms with E-state index >= 15 is 0 Å². The number of aldehydes is 1. The maximum Gasteiger partial charge on any atom is 0.270 e. The zero-order chi connectivity index (χ0) is 18.4. The highest BCUT2D eigenvalue weighted by atomic mass is 16.6. The second-order valence-corrected chi connectivity index (χ2v) is 5.68. The van der Waals surface area contributed by atoms with Crippen LogP contribution in [-0.2, 0) is 4.79 Å². The standard InChI is InChI=1S/C18H18N2O5/c1-12(2)15-5-3-4-6-16(15)19-18(22)11-25-17-8-7-14(20(23)24)9-13(17)10-21/h3-10,12H,11H2,1-2H3,(H,19,22). The zero-order valence-electron chi connectivity index (χ0n) is 13.9. The van der Waals surface area contributed by atoms with Gasteiger partial charge in [0.1, 0.15) is 5.75 Å². The highest BCUT2D eigenvalue weighted by Crippen LogP contribution is 2.24. The predicted molar refractivity (Wildman–Crippen MR) is 93.1 cm³/mol. The van der Waals surface area contributed by atoms with Gasteiger partial charge >= 0.3 is 0 Å². The Labute approximate surface area is 144 Å². The monoisotopic (exact) mass is 342 g/mol. The lowest BCUT2D eigenvalue weighted by Gasteiger charge is -2.14. The first-order valence-corrected chi connectivity index (χ1v) is 7.67. The number of anilines is 1. The van der Waals surface area contributed by atoms with Crippen LogP contribution in [0.2, 0.25) is 0 Å². The summed E-state index contributed by atoms with van der Waals surface area (Å²) in [6.07, 6.45) is 0.453. The minimum absolute atomic E-state index is 0.0181. The van der Waals surface area contributed by atoms with Gasteiger partial charge in [0.15, 0.2) is 12.9 Å². The van der Waals surface area contributed by atoms with Gasteiger partial charge in [0.05, 0.1) is 10.5 Å². The molecule has 2 aromatic carbocycles.